The third-order valence-corrected chi connectivity index (χ3v) is 5.75. The molecule has 3 heteroatoms. The molecule has 1 saturated carbocycles. The highest BCUT2D eigenvalue weighted by Crippen LogP contribution is 2.41. The monoisotopic (exact) mass is 310 g/mol. The molecule has 3 nitrogen and oxygen atoms in total. The Balaban J connectivity index is 1.41. The zero-order valence-corrected chi connectivity index (χ0v) is 13.7. The SMILES string of the molecule is O=C(/C=C/c1ccccc1C1CC1)N1CC[C@H]2CNC[C@@H]2CC1. The van der Waals surface area contributed by atoms with E-state index in [0.717, 1.165) is 56.8 Å². The van der Waals surface area contributed by atoms with Gasteiger partial charge in [0.1, 0.15) is 0 Å². The van der Waals surface area contributed by atoms with E-state index in [1.165, 1.54) is 24.0 Å². The second kappa shape index (κ2) is 6.48. The molecule has 2 atom stereocenters. The summed E-state index contributed by atoms with van der Waals surface area (Å²) in [4.78, 5) is 14.6. The molecule has 1 aromatic carbocycles. The molecule has 4 rings (SSSR count). The van der Waals surface area contributed by atoms with Gasteiger partial charge in [0.05, 0.1) is 0 Å². The molecular weight excluding hydrogens is 284 g/mol. The number of amides is 1. The minimum Gasteiger partial charge on any atom is -0.339 e. The van der Waals surface area contributed by atoms with Crippen LogP contribution in [0.15, 0.2) is 30.3 Å². The van der Waals surface area contributed by atoms with Crippen molar-refractivity contribution in [2.45, 2.75) is 31.6 Å². The number of hydrogen-bond acceptors (Lipinski definition) is 2. The smallest absolute Gasteiger partial charge is 0.246 e. The van der Waals surface area contributed by atoms with Gasteiger partial charge in [0, 0.05) is 19.2 Å². The van der Waals surface area contributed by atoms with Crippen LogP contribution in [-0.2, 0) is 4.79 Å². The van der Waals surface area contributed by atoms with Gasteiger partial charge in [-0.05, 0) is 73.7 Å². The van der Waals surface area contributed by atoms with Crippen molar-refractivity contribution in [3.63, 3.8) is 0 Å². The van der Waals surface area contributed by atoms with Gasteiger partial charge in [-0.2, -0.15) is 0 Å². The van der Waals surface area contributed by atoms with Crippen molar-refractivity contribution >= 4 is 12.0 Å². The molecule has 0 unspecified atom stereocenters. The Morgan fingerprint density at radius 3 is 2.43 bits per heavy atom. The first-order chi connectivity index (χ1) is 11.3. The molecule has 0 spiro atoms. The van der Waals surface area contributed by atoms with E-state index in [9.17, 15) is 4.79 Å². The minimum absolute atomic E-state index is 0.184. The summed E-state index contributed by atoms with van der Waals surface area (Å²) >= 11 is 0. The summed E-state index contributed by atoms with van der Waals surface area (Å²) in [6, 6.07) is 8.52. The second-order valence-corrected chi connectivity index (χ2v) is 7.32. The fraction of sp³-hybridized carbons (Fsp3) is 0.550. The molecule has 23 heavy (non-hydrogen) atoms. The lowest BCUT2D eigenvalue weighted by atomic mass is 9.92. The average molecular weight is 310 g/mol. The first-order valence-corrected chi connectivity index (χ1v) is 9.08. The maximum absolute atomic E-state index is 12.6. The highest BCUT2D eigenvalue weighted by Gasteiger charge is 2.31. The molecule has 0 bridgehead atoms. The fourth-order valence-electron chi connectivity index (χ4n) is 4.13. The number of nitrogens with zero attached hydrogens (tertiary/aromatic N) is 1. The Hall–Kier alpha value is -1.61. The van der Waals surface area contributed by atoms with Crippen molar-refractivity contribution < 1.29 is 4.79 Å². The van der Waals surface area contributed by atoms with Gasteiger partial charge in [-0.25, -0.2) is 0 Å². The first kappa shape index (κ1) is 14.9. The predicted molar refractivity (Wildman–Crippen MR) is 93.1 cm³/mol. The lowest BCUT2D eigenvalue weighted by Crippen LogP contribution is -2.31. The number of carbonyl (C=O) groups excluding carboxylic acids is 1. The van der Waals surface area contributed by atoms with Gasteiger partial charge in [-0.3, -0.25) is 4.79 Å². The van der Waals surface area contributed by atoms with Crippen LogP contribution in [0.4, 0.5) is 0 Å². The van der Waals surface area contributed by atoms with Crippen LogP contribution < -0.4 is 5.32 Å². The van der Waals surface area contributed by atoms with E-state index in [1.807, 2.05) is 6.08 Å². The zero-order chi connectivity index (χ0) is 15.6. The molecule has 1 amide bonds. The van der Waals surface area contributed by atoms with E-state index in [4.69, 9.17) is 0 Å². The Labute approximate surface area is 138 Å². The summed E-state index contributed by atoms with van der Waals surface area (Å²) in [6.45, 7) is 4.10. The molecule has 0 aromatic heterocycles. The molecule has 2 saturated heterocycles. The molecule has 1 N–H and O–H groups in total. The molecular formula is C20H26N2O. The van der Waals surface area contributed by atoms with E-state index in [1.54, 1.807) is 6.08 Å². The summed E-state index contributed by atoms with van der Waals surface area (Å²) in [6.07, 6.45) is 8.71. The number of nitrogens with one attached hydrogen (secondary N) is 1. The van der Waals surface area contributed by atoms with Gasteiger partial charge in [0.15, 0.2) is 0 Å². The summed E-state index contributed by atoms with van der Waals surface area (Å²) in [7, 11) is 0. The molecule has 122 valence electrons. The fourth-order valence-corrected chi connectivity index (χ4v) is 4.13. The van der Waals surface area contributed by atoms with Gasteiger partial charge >= 0.3 is 0 Å². The Morgan fingerprint density at radius 1 is 1.04 bits per heavy atom. The molecule has 2 heterocycles. The van der Waals surface area contributed by atoms with Crippen LogP contribution in [0, 0.1) is 11.8 Å². The van der Waals surface area contributed by atoms with Crippen molar-refractivity contribution in [1.29, 1.82) is 0 Å². The maximum Gasteiger partial charge on any atom is 0.246 e. The number of rotatable bonds is 3. The molecule has 3 fully saturated rings. The second-order valence-electron chi connectivity index (χ2n) is 7.32. The average Bonchev–Trinajstić information content (AvgIpc) is 3.36. The highest BCUT2D eigenvalue weighted by molar-refractivity contribution is 5.92. The van der Waals surface area contributed by atoms with E-state index >= 15 is 0 Å². The molecule has 1 aliphatic carbocycles. The molecule has 2 aliphatic heterocycles. The van der Waals surface area contributed by atoms with Crippen LogP contribution >= 0.6 is 0 Å². The minimum atomic E-state index is 0.184. The summed E-state index contributed by atoms with van der Waals surface area (Å²) < 4.78 is 0. The zero-order valence-electron chi connectivity index (χ0n) is 13.7. The van der Waals surface area contributed by atoms with E-state index in [2.05, 4.69) is 34.5 Å². The summed E-state index contributed by atoms with van der Waals surface area (Å²) in [5.74, 6) is 2.44. The normalized spacial score (nSPS) is 27.9. The van der Waals surface area contributed by atoms with Crippen molar-refractivity contribution in [1.82, 2.24) is 10.2 Å². The van der Waals surface area contributed by atoms with E-state index < -0.39 is 0 Å². The quantitative estimate of drug-likeness (QED) is 0.870. The Bertz CT molecular complexity index is 591. The summed E-state index contributed by atoms with van der Waals surface area (Å²) in [5, 5.41) is 3.49. The third-order valence-electron chi connectivity index (χ3n) is 5.75. The van der Waals surface area contributed by atoms with Crippen LogP contribution in [0.1, 0.15) is 42.7 Å². The van der Waals surface area contributed by atoms with E-state index in [-0.39, 0.29) is 5.91 Å². The van der Waals surface area contributed by atoms with Crippen molar-refractivity contribution in [2.24, 2.45) is 11.8 Å². The third kappa shape index (κ3) is 3.35. The van der Waals surface area contributed by atoms with Gasteiger partial charge in [0.2, 0.25) is 5.91 Å². The topological polar surface area (TPSA) is 32.3 Å². The Morgan fingerprint density at radius 2 is 1.74 bits per heavy atom. The standard InChI is InChI=1S/C20H26N2O/c23-20(22-11-9-17-13-21-14-18(17)10-12-22)8-7-15-3-1-2-4-19(15)16-5-6-16/h1-4,7-8,16-18,21H,5-6,9-14H2/b8-7+/t17-,18-/m0/s1. The van der Waals surface area contributed by atoms with E-state index in [0.29, 0.717) is 0 Å². The van der Waals surface area contributed by atoms with Gasteiger partial charge in [0.25, 0.3) is 0 Å². The summed E-state index contributed by atoms with van der Waals surface area (Å²) in [5.41, 5.74) is 2.63. The van der Waals surface area contributed by atoms with Crippen LogP contribution in [-0.4, -0.2) is 37.0 Å². The van der Waals surface area contributed by atoms with Crippen molar-refractivity contribution in [3.05, 3.63) is 41.5 Å². The lowest BCUT2D eigenvalue weighted by molar-refractivity contribution is -0.125. The largest absolute Gasteiger partial charge is 0.339 e. The van der Waals surface area contributed by atoms with Gasteiger partial charge in [-0.1, -0.05) is 24.3 Å². The van der Waals surface area contributed by atoms with Crippen LogP contribution in [0.3, 0.4) is 0 Å². The van der Waals surface area contributed by atoms with Crippen LogP contribution in [0.5, 0.6) is 0 Å². The first-order valence-electron chi connectivity index (χ1n) is 9.08. The van der Waals surface area contributed by atoms with Crippen LogP contribution in [0.2, 0.25) is 0 Å². The van der Waals surface area contributed by atoms with Gasteiger partial charge in [-0.15, -0.1) is 0 Å². The number of carbonyl (C=O) groups is 1. The van der Waals surface area contributed by atoms with Crippen LogP contribution in [0.25, 0.3) is 6.08 Å². The molecule has 1 aromatic rings. The number of benzene rings is 1. The lowest BCUT2D eigenvalue weighted by Gasteiger charge is -2.19. The number of fused-ring (bicyclic) bond motifs is 1. The highest BCUT2D eigenvalue weighted by atomic mass is 16.2. The maximum atomic E-state index is 12.6. The Kier molecular flexibility index (Phi) is 4.21. The van der Waals surface area contributed by atoms with Gasteiger partial charge < -0.3 is 10.2 Å². The van der Waals surface area contributed by atoms with Crippen molar-refractivity contribution in [3.8, 4) is 0 Å². The predicted octanol–water partition coefficient (Wildman–Crippen LogP) is 3.04. The molecule has 0 radical (unpaired) electrons. The molecule has 3 aliphatic rings. The number of likely N-dealkylation sites (tertiary alicyclic amines) is 1. The van der Waals surface area contributed by atoms with Crippen molar-refractivity contribution in [2.75, 3.05) is 26.2 Å². The number of hydrogen-bond donors (Lipinski definition) is 1.